The van der Waals surface area contributed by atoms with E-state index in [1.54, 1.807) is 12.1 Å². The van der Waals surface area contributed by atoms with Crippen LogP contribution in [0, 0.1) is 13.8 Å². The topological polar surface area (TPSA) is 81.2 Å². The molecule has 6 nitrogen and oxygen atoms in total. The number of carbonyl (C=O) groups excluding carboxylic acids is 1. The van der Waals surface area contributed by atoms with Crippen LogP contribution in [0.15, 0.2) is 39.2 Å². The second-order valence-electron chi connectivity index (χ2n) is 7.02. The van der Waals surface area contributed by atoms with E-state index < -0.39 is 0 Å². The predicted octanol–water partition coefficient (Wildman–Crippen LogP) is 4.50. The van der Waals surface area contributed by atoms with Gasteiger partial charge in [0, 0.05) is 5.56 Å². The Morgan fingerprint density at radius 1 is 1.04 bits per heavy atom. The van der Waals surface area contributed by atoms with E-state index >= 15 is 0 Å². The van der Waals surface area contributed by atoms with Gasteiger partial charge in [0.25, 0.3) is 11.8 Å². The molecule has 0 aliphatic rings. The van der Waals surface area contributed by atoms with Crippen molar-refractivity contribution >= 4 is 11.9 Å². The zero-order valence-corrected chi connectivity index (χ0v) is 15.0. The number of aromatic nitrogens is 2. The third kappa shape index (κ3) is 3.63. The SMILES string of the molecule is Cc1cc(-c2nnc(NC(=O)c3ccc(C(C)(C)C)cc3)o2)c(C)o1. The van der Waals surface area contributed by atoms with Gasteiger partial charge in [0.15, 0.2) is 0 Å². The largest absolute Gasteiger partial charge is 0.466 e. The third-order valence-electron chi connectivity index (χ3n) is 3.93. The van der Waals surface area contributed by atoms with E-state index in [1.807, 2.05) is 32.0 Å². The second-order valence-corrected chi connectivity index (χ2v) is 7.02. The van der Waals surface area contributed by atoms with Gasteiger partial charge < -0.3 is 8.83 Å². The van der Waals surface area contributed by atoms with Crippen LogP contribution >= 0.6 is 0 Å². The summed E-state index contributed by atoms with van der Waals surface area (Å²) in [6.07, 6.45) is 0. The number of hydrogen-bond donors (Lipinski definition) is 1. The van der Waals surface area contributed by atoms with Crippen LogP contribution in [0.1, 0.15) is 48.2 Å². The van der Waals surface area contributed by atoms with Gasteiger partial charge in [0.05, 0.1) is 5.56 Å². The lowest BCUT2D eigenvalue weighted by Crippen LogP contribution is -2.14. The summed E-state index contributed by atoms with van der Waals surface area (Å²) in [5.41, 5.74) is 2.45. The molecule has 1 aromatic carbocycles. The lowest BCUT2D eigenvalue weighted by molar-refractivity contribution is 0.102. The van der Waals surface area contributed by atoms with Crippen molar-refractivity contribution in [2.24, 2.45) is 0 Å². The Hall–Kier alpha value is -2.89. The molecule has 0 fully saturated rings. The van der Waals surface area contributed by atoms with Crippen LogP contribution in [-0.4, -0.2) is 16.1 Å². The molecular weight excluding hydrogens is 318 g/mol. The minimum atomic E-state index is -0.296. The Balaban J connectivity index is 1.74. The number of rotatable bonds is 3. The molecule has 0 aliphatic carbocycles. The van der Waals surface area contributed by atoms with Gasteiger partial charge in [0.1, 0.15) is 11.5 Å². The molecule has 0 saturated carbocycles. The molecule has 0 aliphatic heterocycles. The van der Waals surface area contributed by atoms with Gasteiger partial charge in [-0.3, -0.25) is 10.1 Å². The molecule has 2 aromatic heterocycles. The summed E-state index contributed by atoms with van der Waals surface area (Å²) in [4.78, 5) is 12.3. The highest BCUT2D eigenvalue weighted by atomic mass is 16.4. The summed E-state index contributed by atoms with van der Waals surface area (Å²) in [7, 11) is 0. The number of nitrogens with one attached hydrogen (secondary N) is 1. The maximum Gasteiger partial charge on any atom is 0.322 e. The molecule has 1 amide bonds. The first-order valence-electron chi connectivity index (χ1n) is 8.07. The fraction of sp³-hybridized carbons (Fsp3) is 0.316. The van der Waals surface area contributed by atoms with E-state index in [1.165, 1.54) is 0 Å². The Bertz CT molecular complexity index is 899. The van der Waals surface area contributed by atoms with Crippen molar-refractivity contribution in [2.45, 2.75) is 40.0 Å². The molecule has 0 unspecified atom stereocenters. The Morgan fingerprint density at radius 3 is 2.28 bits per heavy atom. The summed E-state index contributed by atoms with van der Waals surface area (Å²) >= 11 is 0. The molecule has 130 valence electrons. The summed E-state index contributed by atoms with van der Waals surface area (Å²) in [5, 5.41) is 10.5. The van der Waals surface area contributed by atoms with Crippen molar-refractivity contribution in [3.63, 3.8) is 0 Å². The number of hydrogen-bond acceptors (Lipinski definition) is 5. The van der Waals surface area contributed by atoms with Crippen LogP contribution in [0.5, 0.6) is 0 Å². The number of anilines is 1. The van der Waals surface area contributed by atoms with E-state index in [-0.39, 0.29) is 17.3 Å². The zero-order chi connectivity index (χ0) is 18.2. The van der Waals surface area contributed by atoms with E-state index in [2.05, 4.69) is 36.3 Å². The summed E-state index contributed by atoms with van der Waals surface area (Å²) in [5.74, 6) is 1.47. The van der Waals surface area contributed by atoms with Crippen molar-refractivity contribution in [1.29, 1.82) is 0 Å². The van der Waals surface area contributed by atoms with Gasteiger partial charge in [0.2, 0.25) is 0 Å². The standard InChI is InChI=1S/C19H21N3O3/c1-11-10-15(12(2)24-11)17-21-22-18(25-17)20-16(23)13-6-8-14(9-7-13)19(3,4)5/h6-10H,1-5H3,(H,20,22,23). The van der Waals surface area contributed by atoms with E-state index in [0.717, 1.165) is 16.9 Å². The second kappa shape index (κ2) is 6.20. The van der Waals surface area contributed by atoms with Crippen molar-refractivity contribution < 1.29 is 13.6 Å². The van der Waals surface area contributed by atoms with Crippen LogP contribution in [0.2, 0.25) is 0 Å². The highest BCUT2D eigenvalue weighted by Crippen LogP contribution is 2.27. The Morgan fingerprint density at radius 2 is 1.72 bits per heavy atom. The average Bonchev–Trinajstić information content (AvgIpc) is 3.12. The minimum absolute atomic E-state index is 0.0387. The fourth-order valence-corrected chi connectivity index (χ4v) is 2.52. The summed E-state index contributed by atoms with van der Waals surface area (Å²) in [6, 6.07) is 9.35. The number of benzene rings is 1. The molecule has 0 bridgehead atoms. The van der Waals surface area contributed by atoms with Crippen molar-refractivity contribution in [2.75, 3.05) is 5.32 Å². The van der Waals surface area contributed by atoms with Gasteiger partial charge in [-0.25, -0.2) is 0 Å². The van der Waals surface area contributed by atoms with Crippen molar-refractivity contribution in [3.8, 4) is 11.5 Å². The first kappa shape index (κ1) is 17.0. The Kier molecular flexibility index (Phi) is 4.20. The highest BCUT2D eigenvalue weighted by molar-refractivity contribution is 6.03. The molecular formula is C19H21N3O3. The van der Waals surface area contributed by atoms with Gasteiger partial charge >= 0.3 is 6.01 Å². The smallest absolute Gasteiger partial charge is 0.322 e. The Labute approximate surface area is 146 Å². The quantitative estimate of drug-likeness (QED) is 0.760. The monoisotopic (exact) mass is 339 g/mol. The molecule has 0 atom stereocenters. The molecule has 6 heteroatoms. The number of amides is 1. The predicted molar refractivity (Wildman–Crippen MR) is 94.6 cm³/mol. The number of nitrogens with zero attached hydrogens (tertiary/aromatic N) is 2. The minimum Gasteiger partial charge on any atom is -0.466 e. The van der Waals surface area contributed by atoms with E-state index in [4.69, 9.17) is 8.83 Å². The fourth-order valence-electron chi connectivity index (χ4n) is 2.52. The molecule has 3 aromatic rings. The maximum absolute atomic E-state index is 12.3. The van der Waals surface area contributed by atoms with Crippen LogP contribution in [0.4, 0.5) is 6.01 Å². The van der Waals surface area contributed by atoms with E-state index in [9.17, 15) is 4.79 Å². The molecule has 0 radical (unpaired) electrons. The maximum atomic E-state index is 12.3. The number of furan rings is 1. The van der Waals surface area contributed by atoms with Gasteiger partial charge in [-0.1, -0.05) is 38.0 Å². The lowest BCUT2D eigenvalue weighted by Gasteiger charge is -2.18. The summed E-state index contributed by atoms with van der Waals surface area (Å²) < 4.78 is 11.0. The first-order valence-corrected chi connectivity index (χ1v) is 8.07. The third-order valence-corrected chi connectivity index (χ3v) is 3.93. The summed E-state index contributed by atoms with van der Waals surface area (Å²) in [6.45, 7) is 10.0. The lowest BCUT2D eigenvalue weighted by atomic mass is 9.87. The molecule has 0 spiro atoms. The van der Waals surface area contributed by atoms with Crippen LogP contribution in [0.25, 0.3) is 11.5 Å². The van der Waals surface area contributed by atoms with Crippen molar-refractivity contribution in [3.05, 3.63) is 53.0 Å². The molecule has 2 heterocycles. The highest BCUT2D eigenvalue weighted by Gasteiger charge is 2.17. The normalized spacial score (nSPS) is 11.6. The average molecular weight is 339 g/mol. The van der Waals surface area contributed by atoms with Crippen LogP contribution in [-0.2, 0) is 5.41 Å². The van der Waals surface area contributed by atoms with Crippen LogP contribution in [0.3, 0.4) is 0 Å². The number of aryl methyl sites for hydroxylation is 2. The molecule has 25 heavy (non-hydrogen) atoms. The molecule has 0 saturated heterocycles. The van der Waals surface area contributed by atoms with E-state index in [0.29, 0.717) is 17.2 Å². The van der Waals surface area contributed by atoms with Gasteiger partial charge in [-0.15, -0.1) is 5.10 Å². The molecule has 1 N–H and O–H groups in total. The van der Waals surface area contributed by atoms with Gasteiger partial charge in [-0.2, -0.15) is 0 Å². The number of carbonyl (C=O) groups is 1. The van der Waals surface area contributed by atoms with Crippen LogP contribution < -0.4 is 5.32 Å². The van der Waals surface area contributed by atoms with Crippen molar-refractivity contribution in [1.82, 2.24) is 10.2 Å². The first-order chi connectivity index (χ1) is 11.7. The van der Waals surface area contributed by atoms with Gasteiger partial charge in [-0.05, 0) is 43.0 Å². The zero-order valence-electron chi connectivity index (χ0n) is 15.0. The molecule has 3 rings (SSSR count).